The quantitative estimate of drug-likeness (QED) is 0.641. The molecule has 0 aromatic carbocycles. The van der Waals surface area contributed by atoms with Gasteiger partial charge in [-0.05, 0) is 74.5 Å². The number of carbonyl (C=O) groups is 2. The summed E-state index contributed by atoms with van der Waals surface area (Å²) in [5.41, 5.74) is 4.24. The Morgan fingerprint density at radius 3 is 2.54 bits per heavy atom. The lowest BCUT2D eigenvalue weighted by Crippen LogP contribution is -2.51. The van der Waals surface area contributed by atoms with Crippen LogP contribution in [0.1, 0.15) is 59.8 Å². The highest BCUT2D eigenvalue weighted by Gasteiger charge is 2.60. The zero-order valence-corrected chi connectivity index (χ0v) is 15.4. The second kappa shape index (κ2) is 4.80. The van der Waals surface area contributed by atoms with Crippen LogP contribution in [0.2, 0.25) is 0 Å². The van der Waals surface area contributed by atoms with E-state index in [0.29, 0.717) is 23.5 Å². The first-order valence-corrected chi connectivity index (χ1v) is 9.37. The fourth-order valence-corrected chi connectivity index (χ4v) is 6.57. The van der Waals surface area contributed by atoms with Gasteiger partial charge in [-0.3, -0.25) is 9.59 Å². The molecule has 2 nitrogen and oxygen atoms in total. The smallest absolute Gasteiger partial charge is 0.181 e. The molecule has 0 N–H and O–H groups in total. The summed E-state index contributed by atoms with van der Waals surface area (Å²) in [6.07, 6.45) is 6.70. The molecular formula is C22H28O2. The Balaban J connectivity index is 1.83. The third-order valence-corrected chi connectivity index (χ3v) is 8.30. The van der Waals surface area contributed by atoms with Crippen LogP contribution < -0.4 is 0 Å². The summed E-state index contributed by atoms with van der Waals surface area (Å²) in [7, 11) is 0. The topological polar surface area (TPSA) is 34.1 Å². The van der Waals surface area contributed by atoms with Crippen LogP contribution in [0.5, 0.6) is 0 Å². The van der Waals surface area contributed by atoms with E-state index in [0.717, 1.165) is 43.3 Å². The standard InChI is InChI=1S/C22H28O2/c1-12-10-15-16-6-7-20(24)21(16,4)9-8-17(15)22(5)14(3)13(2)19(23)11-18(12)22/h11,15-17H,1,6-10H2,2-5H3/t15-,16-,17-,21-,22+/m0/s1. The summed E-state index contributed by atoms with van der Waals surface area (Å²) in [6.45, 7) is 13.0. The van der Waals surface area contributed by atoms with Crippen molar-refractivity contribution in [2.75, 3.05) is 0 Å². The van der Waals surface area contributed by atoms with Gasteiger partial charge in [0.25, 0.3) is 0 Å². The first-order valence-electron chi connectivity index (χ1n) is 9.37. The van der Waals surface area contributed by atoms with Gasteiger partial charge >= 0.3 is 0 Å². The highest BCUT2D eigenvalue weighted by Crippen LogP contribution is 2.66. The van der Waals surface area contributed by atoms with E-state index in [1.165, 1.54) is 11.1 Å². The van der Waals surface area contributed by atoms with Crippen molar-refractivity contribution in [3.8, 4) is 0 Å². The van der Waals surface area contributed by atoms with Gasteiger partial charge < -0.3 is 0 Å². The van der Waals surface area contributed by atoms with Gasteiger partial charge in [-0.2, -0.15) is 0 Å². The summed E-state index contributed by atoms with van der Waals surface area (Å²) >= 11 is 0. The minimum atomic E-state index is -0.115. The molecule has 2 heteroatoms. The van der Waals surface area contributed by atoms with Crippen LogP contribution in [0.15, 0.2) is 34.9 Å². The minimum absolute atomic E-state index is 0.0784. The first kappa shape index (κ1) is 16.1. The summed E-state index contributed by atoms with van der Waals surface area (Å²) in [6, 6.07) is 0. The molecule has 5 atom stereocenters. The SMILES string of the molecule is C=C1C[C@@H]2[C@H](CC[C@]3(C)C(=O)CC[C@@H]23)[C@]2(C)C1=CC(=O)C(C)=C2C. The molecule has 0 spiro atoms. The molecule has 0 bridgehead atoms. The van der Waals surface area contributed by atoms with E-state index in [2.05, 4.69) is 27.4 Å². The molecule has 0 saturated heterocycles. The van der Waals surface area contributed by atoms with Gasteiger partial charge in [0, 0.05) is 17.3 Å². The maximum absolute atomic E-state index is 12.5. The van der Waals surface area contributed by atoms with Crippen LogP contribution in [-0.2, 0) is 9.59 Å². The van der Waals surface area contributed by atoms with E-state index in [4.69, 9.17) is 0 Å². The number of allylic oxidation sites excluding steroid dienone is 5. The predicted molar refractivity (Wildman–Crippen MR) is 95.4 cm³/mol. The molecule has 4 rings (SSSR count). The van der Waals surface area contributed by atoms with E-state index in [1.807, 2.05) is 13.0 Å². The second-order valence-electron chi connectivity index (χ2n) is 8.98. The Bertz CT molecular complexity index is 737. The summed E-state index contributed by atoms with van der Waals surface area (Å²) in [5, 5.41) is 0. The third kappa shape index (κ3) is 1.72. The van der Waals surface area contributed by atoms with Crippen LogP contribution in [0.4, 0.5) is 0 Å². The number of ketones is 2. The largest absolute Gasteiger partial charge is 0.299 e. The van der Waals surface area contributed by atoms with E-state index < -0.39 is 0 Å². The van der Waals surface area contributed by atoms with Crippen LogP contribution in [-0.4, -0.2) is 11.6 Å². The second-order valence-corrected chi connectivity index (χ2v) is 8.98. The summed E-state index contributed by atoms with van der Waals surface area (Å²) < 4.78 is 0. The van der Waals surface area contributed by atoms with Crippen molar-refractivity contribution in [2.45, 2.75) is 59.8 Å². The zero-order chi connectivity index (χ0) is 17.4. The van der Waals surface area contributed by atoms with Gasteiger partial charge in [0.05, 0.1) is 0 Å². The molecule has 3 fully saturated rings. The van der Waals surface area contributed by atoms with Crippen molar-refractivity contribution in [3.05, 3.63) is 34.9 Å². The third-order valence-electron chi connectivity index (χ3n) is 8.30. The van der Waals surface area contributed by atoms with Crippen molar-refractivity contribution in [2.24, 2.45) is 28.6 Å². The fourth-order valence-electron chi connectivity index (χ4n) is 6.57. The Labute approximate surface area is 145 Å². The highest BCUT2D eigenvalue weighted by atomic mass is 16.1. The molecule has 128 valence electrons. The van der Waals surface area contributed by atoms with E-state index >= 15 is 0 Å². The van der Waals surface area contributed by atoms with Gasteiger partial charge in [0.2, 0.25) is 0 Å². The molecule has 24 heavy (non-hydrogen) atoms. The first-order chi connectivity index (χ1) is 11.2. The van der Waals surface area contributed by atoms with Crippen molar-refractivity contribution in [3.63, 3.8) is 0 Å². The van der Waals surface area contributed by atoms with Crippen LogP contribution >= 0.6 is 0 Å². The maximum Gasteiger partial charge on any atom is 0.181 e. The molecule has 0 aromatic heterocycles. The molecule has 0 unspecified atom stereocenters. The van der Waals surface area contributed by atoms with Crippen molar-refractivity contribution >= 4 is 11.6 Å². The lowest BCUT2D eigenvalue weighted by Gasteiger charge is -2.57. The zero-order valence-electron chi connectivity index (χ0n) is 15.4. The molecule has 0 aliphatic heterocycles. The predicted octanol–water partition coefficient (Wildman–Crippen LogP) is 4.81. The molecule has 0 heterocycles. The van der Waals surface area contributed by atoms with E-state index in [-0.39, 0.29) is 16.6 Å². The molecule has 0 amide bonds. The Hall–Kier alpha value is -1.44. The number of fused-ring (bicyclic) bond motifs is 5. The molecular weight excluding hydrogens is 296 g/mol. The van der Waals surface area contributed by atoms with Crippen molar-refractivity contribution in [1.82, 2.24) is 0 Å². The van der Waals surface area contributed by atoms with Crippen LogP contribution in [0, 0.1) is 28.6 Å². The van der Waals surface area contributed by atoms with Gasteiger partial charge in [0.1, 0.15) is 5.78 Å². The Morgan fingerprint density at radius 1 is 1.12 bits per heavy atom. The lowest BCUT2D eigenvalue weighted by atomic mass is 9.46. The van der Waals surface area contributed by atoms with Crippen molar-refractivity contribution < 1.29 is 9.59 Å². The van der Waals surface area contributed by atoms with Gasteiger partial charge in [-0.1, -0.05) is 31.6 Å². The minimum Gasteiger partial charge on any atom is -0.299 e. The summed E-state index contributed by atoms with van der Waals surface area (Å²) in [5.74, 6) is 2.17. The Morgan fingerprint density at radius 2 is 1.83 bits per heavy atom. The van der Waals surface area contributed by atoms with Crippen LogP contribution in [0.25, 0.3) is 0 Å². The molecule has 4 aliphatic rings. The van der Waals surface area contributed by atoms with Gasteiger partial charge in [-0.15, -0.1) is 0 Å². The van der Waals surface area contributed by atoms with E-state index in [9.17, 15) is 9.59 Å². The number of carbonyl (C=O) groups excluding carboxylic acids is 2. The monoisotopic (exact) mass is 324 g/mol. The lowest BCUT2D eigenvalue weighted by molar-refractivity contribution is -0.131. The van der Waals surface area contributed by atoms with Gasteiger partial charge in [-0.25, -0.2) is 0 Å². The van der Waals surface area contributed by atoms with Gasteiger partial charge in [0.15, 0.2) is 5.78 Å². The Kier molecular flexibility index (Phi) is 3.21. The van der Waals surface area contributed by atoms with Crippen LogP contribution in [0.3, 0.4) is 0 Å². The average Bonchev–Trinajstić information content (AvgIpc) is 2.84. The molecule has 4 aliphatic carbocycles. The highest BCUT2D eigenvalue weighted by molar-refractivity contribution is 6.06. The number of Topliss-reactive ketones (excluding diaryl/α,β-unsaturated/α-hetero) is 1. The fraction of sp³-hybridized carbons (Fsp3) is 0.636. The van der Waals surface area contributed by atoms with Crippen molar-refractivity contribution in [1.29, 1.82) is 0 Å². The molecule has 3 saturated carbocycles. The van der Waals surface area contributed by atoms with E-state index in [1.54, 1.807) is 0 Å². The number of rotatable bonds is 0. The normalized spacial score (nSPS) is 44.9. The number of hydrogen-bond donors (Lipinski definition) is 0. The summed E-state index contributed by atoms with van der Waals surface area (Å²) in [4.78, 5) is 24.9. The molecule has 0 radical (unpaired) electrons. The molecule has 0 aromatic rings. The maximum atomic E-state index is 12.5. The average molecular weight is 324 g/mol. The number of hydrogen-bond acceptors (Lipinski definition) is 2.